The van der Waals surface area contributed by atoms with Crippen LogP contribution in [0.2, 0.25) is 0 Å². The number of aryl methyl sites for hydroxylation is 1. The zero-order valence-electron chi connectivity index (χ0n) is 11.1. The first-order valence-corrected chi connectivity index (χ1v) is 6.28. The molecule has 1 aromatic carbocycles. The molecule has 0 saturated heterocycles. The number of hydrogen-bond acceptors (Lipinski definition) is 2. The highest BCUT2D eigenvalue weighted by atomic mass is 19.4. The monoisotopic (exact) mass is 300 g/mol. The van der Waals surface area contributed by atoms with Crippen molar-refractivity contribution < 1.29 is 17.6 Å². The fourth-order valence-electron chi connectivity index (χ4n) is 1.92. The third kappa shape index (κ3) is 3.68. The molecule has 1 heterocycles. The molecule has 112 valence electrons. The third-order valence-corrected chi connectivity index (χ3v) is 2.80. The summed E-state index contributed by atoms with van der Waals surface area (Å²) < 4.78 is 51.4. The minimum atomic E-state index is -4.67. The lowest BCUT2D eigenvalue weighted by Crippen LogP contribution is -2.11. The first-order valence-electron chi connectivity index (χ1n) is 6.28. The molecular formula is C14H12F4N2O. The summed E-state index contributed by atoms with van der Waals surface area (Å²) in [5.74, 6) is -1.11. The van der Waals surface area contributed by atoms with Crippen LogP contribution in [-0.4, -0.2) is 9.97 Å². The number of rotatable bonds is 3. The van der Waals surface area contributed by atoms with Crippen molar-refractivity contribution in [3.05, 3.63) is 51.7 Å². The Morgan fingerprint density at radius 1 is 1.19 bits per heavy atom. The minimum Gasteiger partial charge on any atom is -0.307 e. The van der Waals surface area contributed by atoms with Gasteiger partial charge in [-0.15, -0.1) is 0 Å². The topological polar surface area (TPSA) is 45.8 Å². The molecule has 2 rings (SSSR count). The van der Waals surface area contributed by atoms with E-state index in [1.165, 1.54) is 6.07 Å². The molecule has 0 saturated carbocycles. The Morgan fingerprint density at radius 3 is 2.52 bits per heavy atom. The van der Waals surface area contributed by atoms with Crippen LogP contribution in [0.25, 0.3) is 11.4 Å². The van der Waals surface area contributed by atoms with Gasteiger partial charge in [0.2, 0.25) is 0 Å². The molecule has 21 heavy (non-hydrogen) atoms. The summed E-state index contributed by atoms with van der Waals surface area (Å²) in [4.78, 5) is 17.9. The van der Waals surface area contributed by atoms with Gasteiger partial charge in [0.1, 0.15) is 11.6 Å². The summed E-state index contributed by atoms with van der Waals surface area (Å²) in [5.41, 5.74) is -1.27. The predicted octanol–water partition coefficient (Wildman–Crippen LogP) is 3.55. The van der Waals surface area contributed by atoms with E-state index in [0.29, 0.717) is 18.2 Å². The molecule has 0 aliphatic rings. The molecule has 0 amide bonds. The average molecular weight is 300 g/mol. The van der Waals surface area contributed by atoms with Gasteiger partial charge in [-0.05, 0) is 24.6 Å². The van der Waals surface area contributed by atoms with E-state index in [0.717, 1.165) is 18.6 Å². The summed E-state index contributed by atoms with van der Waals surface area (Å²) in [7, 11) is 0. The molecule has 2 aromatic rings. The Labute approximate surface area is 117 Å². The van der Waals surface area contributed by atoms with Crippen molar-refractivity contribution >= 4 is 0 Å². The van der Waals surface area contributed by atoms with E-state index in [1.807, 2.05) is 6.92 Å². The Balaban J connectivity index is 2.56. The number of nitrogens with zero attached hydrogens (tertiary/aromatic N) is 1. The van der Waals surface area contributed by atoms with Crippen LogP contribution in [-0.2, 0) is 12.6 Å². The fraction of sp³-hybridized carbons (Fsp3) is 0.286. The van der Waals surface area contributed by atoms with Gasteiger partial charge in [-0.3, -0.25) is 4.79 Å². The molecule has 0 atom stereocenters. The van der Waals surface area contributed by atoms with Crippen molar-refractivity contribution in [3.8, 4) is 11.4 Å². The Kier molecular flexibility index (Phi) is 4.11. The summed E-state index contributed by atoms with van der Waals surface area (Å²) >= 11 is 0. The normalized spacial score (nSPS) is 11.7. The van der Waals surface area contributed by atoms with Gasteiger partial charge in [0.15, 0.2) is 0 Å². The van der Waals surface area contributed by atoms with E-state index < -0.39 is 23.1 Å². The standard InChI is InChI=1S/C14H12F4N2O/c1-2-3-11-7-12(21)20-13(19-11)8-4-9(14(16,17)18)6-10(15)5-8/h4-7H,2-3H2,1H3,(H,19,20,21). The van der Waals surface area contributed by atoms with E-state index in [2.05, 4.69) is 9.97 Å². The second-order valence-electron chi connectivity index (χ2n) is 4.56. The number of benzene rings is 1. The molecule has 1 N–H and O–H groups in total. The molecule has 0 unspecified atom stereocenters. The van der Waals surface area contributed by atoms with E-state index in [-0.39, 0.29) is 11.4 Å². The number of alkyl halides is 3. The highest BCUT2D eigenvalue weighted by Crippen LogP contribution is 2.32. The molecule has 7 heteroatoms. The maximum atomic E-state index is 13.4. The zero-order valence-corrected chi connectivity index (χ0v) is 11.1. The second-order valence-corrected chi connectivity index (χ2v) is 4.56. The fourth-order valence-corrected chi connectivity index (χ4v) is 1.92. The minimum absolute atomic E-state index is 0.0732. The van der Waals surface area contributed by atoms with Gasteiger partial charge in [-0.2, -0.15) is 13.2 Å². The van der Waals surface area contributed by atoms with Crippen LogP contribution in [0.5, 0.6) is 0 Å². The number of aromatic nitrogens is 2. The molecule has 0 aliphatic carbocycles. The van der Waals surface area contributed by atoms with Crippen molar-refractivity contribution in [2.75, 3.05) is 0 Å². The van der Waals surface area contributed by atoms with Crippen molar-refractivity contribution in [3.63, 3.8) is 0 Å². The van der Waals surface area contributed by atoms with Gasteiger partial charge >= 0.3 is 6.18 Å². The predicted molar refractivity (Wildman–Crippen MR) is 69.2 cm³/mol. The van der Waals surface area contributed by atoms with Crippen LogP contribution < -0.4 is 5.56 Å². The number of nitrogens with one attached hydrogen (secondary N) is 1. The highest BCUT2D eigenvalue weighted by Gasteiger charge is 2.31. The first-order chi connectivity index (χ1) is 9.79. The van der Waals surface area contributed by atoms with Crippen LogP contribution in [0.1, 0.15) is 24.6 Å². The first kappa shape index (κ1) is 15.2. The summed E-state index contributed by atoms with van der Waals surface area (Å²) in [6.45, 7) is 1.88. The zero-order chi connectivity index (χ0) is 15.6. The molecule has 0 fully saturated rings. The summed E-state index contributed by atoms with van der Waals surface area (Å²) in [6, 6.07) is 3.34. The SMILES string of the molecule is CCCc1cc(=O)[nH]c(-c2cc(F)cc(C(F)(F)F)c2)n1. The van der Waals surface area contributed by atoms with Crippen LogP contribution in [0, 0.1) is 5.82 Å². The lowest BCUT2D eigenvalue weighted by atomic mass is 10.1. The number of H-pyrrole nitrogens is 1. The van der Waals surface area contributed by atoms with Crippen molar-refractivity contribution in [2.24, 2.45) is 0 Å². The van der Waals surface area contributed by atoms with E-state index in [1.54, 1.807) is 0 Å². The smallest absolute Gasteiger partial charge is 0.307 e. The average Bonchev–Trinajstić information content (AvgIpc) is 2.36. The Morgan fingerprint density at radius 2 is 1.90 bits per heavy atom. The van der Waals surface area contributed by atoms with Crippen LogP contribution in [0.4, 0.5) is 17.6 Å². The lowest BCUT2D eigenvalue weighted by Gasteiger charge is -2.09. The van der Waals surface area contributed by atoms with Crippen LogP contribution in [0.3, 0.4) is 0 Å². The molecule has 0 radical (unpaired) electrons. The lowest BCUT2D eigenvalue weighted by molar-refractivity contribution is -0.137. The van der Waals surface area contributed by atoms with Crippen molar-refractivity contribution in [1.29, 1.82) is 0 Å². The molecule has 0 bridgehead atoms. The second kappa shape index (κ2) is 5.67. The Hall–Kier alpha value is -2.18. The van der Waals surface area contributed by atoms with Gasteiger partial charge < -0.3 is 4.98 Å². The molecule has 0 spiro atoms. The van der Waals surface area contributed by atoms with E-state index in [4.69, 9.17) is 0 Å². The van der Waals surface area contributed by atoms with Gasteiger partial charge in [-0.1, -0.05) is 13.3 Å². The largest absolute Gasteiger partial charge is 0.416 e. The third-order valence-electron chi connectivity index (χ3n) is 2.80. The van der Waals surface area contributed by atoms with Crippen LogP contribution >= 0.6 is 0 Å². The van der Waals surface area contributed by atoms with E-state index in [9.17, 15) is 22.4 Å². The van der Waals surface area contributed by atoms with E-state index >= 15 is 0 Å². The maximum Gasteiger partial charge on any atom is 0.416 e. The van der Waals surface area contributed by atoms with Crippen molar-refractivity contribution in [1.82, 2.24) is 9.97 Å². The van der Waals surface area contributed by atoms with Crippen LogP contribution in [0.15, 0.2) is 29.1 Å². The molecule has 3 nitrogen and oxygen atoms in total. The number of halogens is 4. The number of aromatic amines is 1. The quantitative estimate of drug-likeness (QED) is 0.881. The summed E-state index contributed by atoms with van der Waals surface area (Å²) in [5, 5.41) is 0. The molecular weight excluding hydrogens is 288 g/mol. The van der Waals surface area contributed by atoms with Gasteiger partial charge in [0.05, 0.1) is 5.56 Å². The molecule has 0 aliphatic heterocycles. The highest BCUT2D eigenvalue weighted by molar-refractivity contribution is 5.56. The van der Waals surface area contributed by atoms with Gasteiger partial charge in [0.25, 0.3) is 5.56 Å². The van der Waals surface area contributed by atoms with Gasteiger partial charge in [-0.25, -0.2) is 9.37 Å². The Bertz CT molecular complexity index is 707. The van der Waals surface area contributed by atoms with Crippen molar-refractivity contribution in [2.45, 2.75) is 25.9 Å². The summed E-state index contributed by atoms with van der Waals surface area (Å²) in [6.07, 6.45) is -3.43. The van der Waals surface area contributed by atoms with Gasteiger partial charge in [0, 0.05) is 17.3 Å². The maximum absolute atomic E-state index is 13.4. The number of hydrogen-bond donors (Lipinski definition) is 1. The molecule has 1 aromatic heterocycles.